The Morgan fingerprint density at radius 1 is 1.00 bits per heavy atom. The molecule has 27 heavy (non-hydrogen) atoms. The van der Waals surface area contributed by atoms with Crippen molar-refractivity contribution in [3.8, 4) is 11.3 Å². The zero-order valence-corrected chi connectivity index (χ0v) is 14.8. The molecule has 1 saturated heterocycles. The maximum atomic E-state index is 12.6. The van der Waals surface area contributed by atoms with Crippen LogP contribution in [-0.2, 0) is 11.3 Å². The van der Waals surface area contributed by atoms with E-state index in [4.69, 9.17) is 4.42 Å². The van der Waals surface area contributed by atoms with E-state index in [1.165, 1.54) is 4.90 Å². The van der Waals surface area contributed by atoms with E-state index in [0.29, 0.717) is 11.5 Å². The Hall–Kier alpha value is -3.60. The number of urea groups is 1. The van der Waals surface area contributed by atoms with Crippen molar-refractivity contribution < 1.29 is 14.0 Å². The predicted molar refractivity (Wildman–Crippen MR) is 102 cm³/mol. The van der Waals surface area contributed by atoms with Crippen molar-refractivity contribution >= 4 is 18.0 Å². The molecule has 134 valence electrons. The minimum atomic E-state index is -0.428. The number of hydrogen-bond donors (Lipinski definition) is 1. The first-order valence-corrected chi connectivity index (χ1v) is 8.65. The van der Waals surface area contributed by atoms with Crippen molar-refractivity contribution in [2.75, 3.05) is 0 Å². The minimum absolute atomic E-state index is 0.210. The van der Waals surface area contributed by atoms with Crippen LogP contribution in [0, 0.1) is 6.92 Å². The van der Waals surface area contributed by atoms with E-state index >= 15 is 0 Å². The van der Waals surface area contributed by atoms with Gasteiger partial charge in [0.15, 0.2) is 0 Å². The third-order valence-corrected chi connectivity index (χ3v) is 4.36. The van der Waals surface area contributed by atoms with Crippen LogP contribution >= 0.6 is 0 Å². The maximum Gasteiger partial charge on any atom is 0.329 e. The summed E-state index contributed by atoms with van der Waals surface area (Å²) in [6.45, 7) is 2.21. The monoisotopic (exact) mass is 358 g/mol. The van der Waals surface area contributed by atoms with Gasteiger partial charge in [-0.05, 0) is 24.6 Å². The molecule has 4 rings (SSSR count). The lowest BCUT2D eigenvalue weighted by atomic mass is 10.1. The zero-order chi connectivity index (χ0) is 18.8. The van der Waals surface area contributed by atoms with Gasteiger partial charge in [-0.2, -0.15) is 0 Å². The maximum absolute atomic E-state index is 12.6. The summed E-state index contributed by atoms with van der Waals surface area (Å²) < 4.78 is 5.79. The summed E-state index contributed by atoms with van der Waals surface area (Å²) in [4.78, 5) is 26.0. The normalized spacial score (nSPS) is 15.4. The van der Waals surface area contributed by atoms with Crippen molar-refractivity contribution in [2.24, 2.45) is 0 Å². The van der Waals surface area contributed by atoms with Crippen LogP contribution in [0.1, 0.15) is 16.9 Å². The smallest absolute Gasteiger partial charge is 0.329 e. The van der Waals surface area contributed by atoms with E-state index in [1.807, 2.05) is 67.6 Å². The summed E-state index contributed by atoms with van der Waals surface area (Å²) >= 11 is 0. The molecule has 2 heterocycles. The van der Waals surface area contributed by atoms with Gasteiger partial charge in [0.1, 0.15) is 17.2 Å². The number of aryl methyl sites for hydroxylation is 1. The standard InChI is InChI=1S/C22H18N2O3/c1-15-6-5-7-16(12-15)14-24-21(25)19(23-22(24)26)13-18-10-11-20(27-18)17-8-3-2-4-9-17/h2-13H,14H2,1H3,(H,23,26)/b19-13+. The number of amides is 3. The van der Waals surface area contributed by atoms with Crippen LogP contribution < -0.4 is 5.32 Å². The van der Waals surface area contributed by atoms with Gasteiger partial charge in [-0.3, -0.25) is 9.69 Å². The summed E-state index contributed by atoms with van der Waals surface area (Å²) in [5, 5.41) is 2.62. The molecule has 5 nitrogen and oxygen atoms in total. The fourth-order valence-electron chi connectivity index (χ4n) is 3.04. The van der Waals surface area contributed by atoms with Crippen molar-refractivity contribution in [2.45, 2.75) is 13.5 Å². The molecule has 0 spiro atoms. The van der Waals surface area contributed by atoms with E-state index in [-0.39, 0.29) is 18.1 Å². The van der Waals surface area contributed by atoms with Gasteiger partial charge in [-0.1, -0.05) is 60.2 Å². The molecule has 3 aromatic rings. The molecule has 1 fully saturated rings. The van der Waals surface area contributed by atoms with E-state index in [2.05, 4.69) is 5.32 Å². The Morgan fingerprint density at radius 2 is 1.81 bits per heavy atom. The molecular formula is C22H18N2O3. The molecule has 1 aromatic heterocycles. The summed E-state index contributed by atoms with van der Waals surface area (Å²) in [6.07, 6.45) is 1.56. The van der Waals surface area contributed by atoms with Gasteiger partial charge < -0.3 is 9.73 Å². The molecule has 5 heteroatoms. The summed E-state index contributed by atoms with van der Waals surface area (Å²) in [5.41, 5.74) is 3.15. The fraction of sp³-hybridized carbons (Fsp3) is 0.0909. The van der Waals surface area contributed by atoms with Crippen LogP contribution in [0.4, 0.5) is 4.79 Å². The van der Waals surface area contributed by atoms with Gasteiger partial charge in [0.2, 0.25) is 0 Å². The predicted octanol–water partition coefficient (Wildman–Crippen LogP) is 4.35. The van der Waals surface area contributed by atoms with E-state index in [9.17, 15) is 9.59 Å². The quantitative estimate of drug-likeness (QED) is 0.557. The second kappa shape index (κ2) is 6.96. The Labute approximate surface area is 156 Å². The summed E-state index contributed by atoms with van der Waals surface area (Å²) in [6, 6.07) is 20.6. The molecule has 3 amide bonds. The molecule has 0 bridgehead atoms. The fourth-order valence-corrected chi connectivity index (χ4v) is 3.04. The number of carbonyl (C=O) groups is 2. The van der Waals surface area contributed by atoms with Gasteiger partial charge in [0.25, 0.3) is 5.91 Å². The summed E-state index contributed by atoms with van der Waals surface area (Å²) in [7, 11) is 0. The van der Waals surface area contributed by atoms with Gasteiger partial charge in [0, 0.05) is 11.6 Å². The van der Waals surface area contributed by atoms with Crippen molar-refractivity contribution in [1.29, 1.82) is 0 Å². The molecule has 0 saturated carbocycles. The van der Waals surface area contributed by atoms with Crippen molar-refractivity contribution in [3.63, 3.8) is 0 Å². The Bertz CT molecular complexity index is 1030. The number of hydrogen-bond acceptors (Lipinski definition) is 3. The lowest BCUT2D eigenvalue weighted by molar-refractivity contribution is -0.123. The number of furan rings is 1. The third-order valence-electron chi connectivity index (χ3n) is 4.36. The van der Waals surface area contributed by atoms with Gasteiger partial charge in [-0.15, -0.1) is 0 Å². The van der Waals surface area contributed by atoms with Crippen LogP contribution in [0.15, 0.2) is 76.8 Å². The molecule has 0 aliphatic carbocycles. The van der Waals surface area contributed by atoms with Crippen LogP contribution in [0.2, 0.25) is 0 Å². The van der Waals surface area contributed by atoms with Crippen LogP contribution in [0.5, 0.6) is 0 Å². The first-order chi connectivity index (χ1) is 13.1. The second-order valence-electron chi connectivity index (χ2n) is 6.44. The van der Waals surface area contributed by atoms with Crippen LogP contribution in [0.3, 0.4) is 0 Å². The average molecular weight is 358 g/mol. The van der Waals surface area contributed by atoms with E-state index in [1.54, 1.807) is 12.1 Å². The van der Waals surface area contributed by atoms with Gasteiger partial charge in [0.05, 0.1) is 6.54 Å². The molecule has 2 aromatic carbocycles. The highest BCUT2D eigenvalue weighted by Gasteiger charge is 2.33. The average Bonchev–Trinajstić information content (AvgIpc) is 3.23. The third kappa shape index (κ3) is 3.53. The Kier molecular flexibility index (Phi) is 4.34. The number of carbonyl (C=O) groups excluding carboxylic acids is 2. The molecule has 1 aliphatic rings. The minimum Gasteiger partial charge on any atom is -0.457 e. The van der Waals surface area contributed by atoms with Crippen molar-refractivity contribution in [3.05, 3.63) is 89.3 Å². The highest BCUT2D eigenvalue weighted by atomic mass is 16.3. The van der Waals surface area contributed by atoms with Crippen LogP contribution in [0.25, 0.3) is 17.4 Å². The number of nitrogens with zero attached hydrogens (tertiary/aromatic N) is 1. The molecule has 0 unspecified atom stereocenters. The lowest BCUT2D eigenvalue weighted by Crippen LogP contribution is -2.30. The number of benzene rings is 2. The topological polar surface area (TPSA) is 62.6 Å². The Balaban J connectivity index is 1.54. The highest BCUT2D eigenvalue weighted by Crippen LogP contribution is 2.24. The zero-order valence-electron chi connectivity index (χ0n) is 14.8. The van der Waals surface area contributed by atoms with Gasteiger partial charge in [-0.25, -0.2) is 4.79 Å². The lowest BCUT2D eigenvalue weighted by Gasteiger charge is -2.12. The Morgan fingerprint density at radius 3 is 2.59 bits per heavy atom. The molecule has 1 N–H and O–H groups in total. The SMILES string of the molecule is Cc1cccc(CN2C(=O)N/C(=C/c3ccc(-c4ccccc4)o3)C2=O)c1. The first kappa shape index (κ1) is 16.8. The number of rotatable bonds is 4. The van der Waals surface area contributed by atoms with Crippen molar-refractivity contribution in [1.82, 2.24) is 10.2 Å². The second-order valence-corrected chi connectivity index (χ2v) is 6.44. The van der Waals surface area contributed by atoms with E-state index < -0.39 is 6.03 Å². The largest absolute Gasteiger partial charge is 0.457 e. The highest BCUT2D eigenvalue weighted by molar-refractivity contribution is 6.13. The summed E-state index contributed by atoms with van der Waals surface area (Å²) in [5.74, 6) is 0.852. The van der Waals surface area contributed by atoms with E-state index in [0.717, 1.165) is 16.7 Å². The van der Waals surface area contributed by atoms with Gasteiger partial charge >= 0.3 is 6.03 Å². The van der Waals surface area contributed by atoms with Crippen LogP contribution in [-0.4, -0.2) is 16.8 Å². The molecule has 0 radical (unpaired) electrons. The molecular weight excluding hydrogens is 340 g/mol. The number of nitrogens with one attached hydrogen (secondary N) is 1. The molecule has 0 atom stereocenters. The number of imide groups is 1. The molecule has 1 aliphatic heterocycles. The first-order valence-electron chi connectivity index (χ1n) is 8.65.